The van der Waals surface area contributed by atoms with Crippen LogP contribution in [0, 0.1) is 0 Å². The molecule has 1 heterocycles. The summed E-state index contributed by atoms with van der Waals surface area (Å²) in [6, 6.07) is 11.5. The van der Waals surface area contributed by atoms with Crippen molar-refractivity contribution < 1.29 is 4.79 Å². The van der Waals surface area contributed by atoms with Crippen molar-refractivity contribution in [3.05, 3.63) is 63.1 Å². The zero-order chi connectivity index (χ0) is 21.3. The van der Waals surface area contributed by atoms with E-state index in [1.54, 1.807) is 18.3 Å². The van der Waals surface area contributed by atoms with Crippen molar-refractivity contribution in [3.8, 4) is 0 Å². The number of fused-ring (bicyclic) bond motifs is 1. The summed E-state index contributed by atoms with van der Waals surface area (Å²) in [7, 11) is 0. The summed E-state index contributed by atoms with van der Waals surface area (Å²) >= 11 is 12.0. The third-order valence-electron chi connectivity index (χ3n) is 5.37. The molecule has 4 nitrogen and oxygen atoms in total. The van der Waals surface area contributed by atoms with Crippen LogP contribution in [0.4, 0.5) is 5.69 Å². The largest absolute Gasteiger partial charge is 0.364 e. The van der Waals surface area contributed by atoms with Crippen LogP contribution in [-0.4, -0.2) is 23.7 Å². The molecule has 2 aromatic carbocycles. The van der Waals surface area contributed by atoms with Crippen LogP contribution in [0.5, 0.6) is 0 Å². The highest BCUT2D eigenvalue weighted by Gasteiger charge is 2.37. The summed E-state index contributed by atoms with van der Waals surface area (Å²) in [5.74, 6) is 0.0767. The van der Waals surface area contributed by atoms with E-state index in [1.165, 1.54) is 17.3 Å². The first kappa shape index (κ1) is 21.7. The van der Waals surface area contributed by atoms with Gasteiger partial charge in [0.05, 0.1) is 16.8 Å². The number of nitrogens with one attached hydrogen (secondary N) is 1. The summed E-state index contributed by atoms with van der Waals surface area (Å²) < 4.78 is 0. The van der Waals surface area contributed by atoms with Gasteiger partial charge >= 0.3 is 0 Å². The average Bonchev–Trinajstić information content (AvgIpc) is 2.61. The van der Waals surface area contributed by atoms with Gasteiger partial charge in [-0.3, -0.25) is 4.79 Å². The molecule has 0 saturated carbocycles. The maximum atomic E-state index is 12.3. The molecule has 0 aromatic heterocycles. The number of anilines is 1. The van der Waals surface area contributed by atoms with Crippen LogP contribution in [0.25, 0.3) is 0 Å². The molecule has 29 heavy (non-hydrogen) atoms. The SMILES string of the molecule is CC(C)N1c2ccc(/C=N\NC(=O)c3ccc(Cl)cc3Cl)cc2[C@H](C)CC1(C)C. The van der Waals surface area contributed by atoms with Crippen molar-refractivity contribution in [1.29, 1.82) is 0 Å². The Bertz CT molecular complexity index is 953. The van der Waals surface area contributed by atoms with Crippen LogP contribution in [0.3, 0.4) is 0 Å². The number of carbonyl (C=O) groups excluding carboxylic acids is 1. The fourth-order valence-corrected chi connectivity index (χ4v) is 4.92. The summed E-state index contributed by atoms with van der Waals surface area (Å²) in [5, 5.41) is 4.89. The molecule has 0 radical (unpaired) electrons. The Hall–Kier alpha value is -2.04. The number of hydrogen-bond acceptors (Lipinski definition) is 3. The molecule has 154 valence electrons. The molecule has 0 bridgehead atoms. The summed E-state index contributed by atoms with van der Waals surface area (Å²) in [6.07, 6.45) is 2.75. The van der Waals surface area contributed by atoms with Gasteiger partial charge < -0.3 is 4.90 Å². The first-order valence-corrected chi connectivity index (χ1v) is 10.6. The Kier molecular flexibility index (Phi) is 6.25. The minimum atomic E-state index is -0.373. The van der Waals surface area contributed by atoms with Crippen LogP contribution in [0.1, 0.15) is 68.4 Å². The second-order valence-electron chi connectivity index (χ2n) is 8.52. The lowest BCUT2D eigenvalue weighted by molar-refractivity contribution is 0.0955. The normalized spacial score (nSPS) is 18.2. The fourth-order valence-electron chi connectivity index (χ4n) is 4.43. The maximum absolute atomic E-state index is 12.3. The maximum Gasteiger partial charge on any atom is 0.272 e. The second-order valence-corrected chi connectivity index (χ2v) is 9.37. The van der Waals surface area contributed by atoms with Crippen LogP contribution in [0.15, 0.2) is 41.5 Å². The van der Waals surface area contributed by atoms with Crippen molar-refractivity contribution in [2.24, 2.45) is 5.10 Å². The molecule has 0 unspecified atom stereocenters. The Morgan fingerprint density at radius 3 is 2.62 bits per heavy atom. The third kappa shape index (κ3) is 4.59. The van der Waals surface area contributed by atoms with Crippen molar-refractivity contribution >= 4 is 41.0 Å². The molecule has 1 N–H and O–H groups in total. The number of amides is 1. The molecule has 1 aliphatic rings. The highest BCUT2D eigenvalue weighted by molar-refractivity contribution is 6.36. The first-order chi connectivity index (χ1) is 13.6. The van der Waals surface area contributed by atoms with Crippen molar-refractivity contribution in [1.82, 2.24) is 5.43 Å². The van der Waals surface area contributed by atoms with Crippen molar-refractivity contribution in [2.75, 3.05) is 4.90 Å². The van der Waals surface area contributed by atoms with E-state index in [-0.39, 0.29) is 11.4 Å². The Morgan fingerprint density at radius 2 is 1.97 bits per heavy atom. The number of benzene rings is 2. The number of hydrazone groups is 1. The zero-order valence-corrected chi connectivity index (χ0v) is 19.0. The van der Waals surface area contributed by atoms with Crippen LogP contribution < -0.4 is 10.3 Å². The van der Waals surface area contributed by atoms with Crippen molar-refractivity contribution in [2.45, 2.75) is 58.5 Å². The lowest BCUT2D eigenvalue weighted by Crippen LogP contribution is -2.51. The Labute approximate surface area is 182 Å². The lowest BCUT2D eigenvalue weighted by atomic mass is 9.79. The van der Waals surface area contributed by atoms with Crippen LogP contribution in [-0.2, 0) is 0 Å². The second kappa shape index (κ2) is 8.37. The van der Waals surface area contributed by atoms with E-state index < -0.39 is 0 Å². The number of halogens is 2. The minimum Gasteiger partial charge on any atom is -0.364 e. The molecular weight excluding hydrogens is 405 g/mol. The molecule has 1 amide bonds. The molecule has 2 aromatic rings. The number of hydrogen-bond donors (Lipinski definition) is 1. The highest BCUT2D eigenvalue weighted by atomic mass is 35.5. The van der Waals surface area contributed by atoms with Gasteiger partial charge in [0.15, 0.2) is 0 Å². The first-order valence-electron chi connectivity index (χ1n) is 9.82. The predicted octanol–water partition coefficient (Wildman–Crippen LogP) is 6.26. The molecular formula is C23H27Cl2N3O. The minimum absolute atomic E-state index is 0.113. The number of nitrogens with zero attached hydrogens (tertiary/aromatic N) is 2. The smallest absolute Gasteiger partial charge is 0.272 e. The molecule has 3 rings (SSSR count). The van der Waals surface area contributed by atoms with Gasteiger partial charge in [-0.25, -0.2) is 5.43 Å². The quantitative estimate of drug-likeness (QED) is 0.458. The predicted molar refractivity (Wildman–Crippen MR) is 123 cm³/mol. The van der Waals surface area contributed by atoms with Gasteiger partial charge in [-0.2, -0.15) is 5.10 Å². The van der Waals surface area contributed by atoms with Gasteiger partial charge in [-0.05, 0) is 81.5 Å². The number of rotatable bonds is 4. The summed E-state index contributed by atoms with van der Waals surface area (Å²) in [6.45, 7) is 11.3. The zero-order valence-electron chi connectivity index (χ0n) is 17.5. The van der Waals surface area contributed by atoms with Crippen LogP contribution in [0.2, 0.25) is 10.0 Å². The van der Waals surface area contributed by atoms with Gasteiger partial charge in [0.2, 0.25) is 0 Å². The molecule has 0 spiro atoms. The van der Waals surface area contributed by atoms with Gasteiger partial charge in [0, 0.05) is 22.3 Å². The van der Waals surface area contributed by atoms with E-state index in [4.69, 9.17) is 23.2 Å². The topological polar surface area (TPSA) is 44.7 Å². The van der Waals surface area contributed by atoms with Gasteiger partial charge in [-0.1, -0.05) is 36.2 Å². The van der Waals surface area contributed by atoms with Gasteiger partial charge in [-0.15, -0.1) is 0 Å². The van der Waals surface area contributed by atoms with Crippen molar-refractivity contribution in [3.63, 3.8) is 0 Å². The lowest BCUT2D eigenvalue weighted by Gasteiger charge is -2.50. The molecule has 0 saturated heterocycles. The highest BCUT2D eigenvalue weighted by Crippen LogP contribution is 2.44. The standard InChI is InChI=1S/C23H27Cl2N3O/c1-14(2)28-21-9-6-16(10-19(21)15(3)12-23(28,4)5)13-26-27-22(29)18-8-7-17(24)11-20(18)25/h6-11,13-15H,12H2,1-5H3,(H,27,29)/b26-13-/t15-/m1/s1. The average molecular weight is 432 g/mol. The Balaban J connectivity index is 1.79. The van der Waals surface area contributed by atoms with Gasteiger partial charge in [0.25, 0.3) is 5.91 Å². The van der Waals surface area contributed by atoms with E-state index >= 15 is 0 Å². The fraction of sp³-hybridized carbons (Fsp3) is 0.391. The molecule has 1 aliphatic heterocycles. The third-order valence-corrected chi connectivity index (χ3v) is 5.92. The van der Waals surface area contributed by atoms with E-state index in [2.05, 4.69) is 62.2 Å². The molecule has 1 atom stereocenters. The summed E-state index contributed by atoms with van der Waals surface area (Å²) in [5.41, 5.74) is 6.52. The van der Waals surface area contributed by atoms with E-state index in [9.17, 15) is 4.79 Å². The number of carbonyl (C=O) groups is 1. The Morgan fingerprint density at radius 1 is 1.24 bits per heavy atom. The van der Waals surface area contributed by atoms with E-state index in [0.717, 1.165) is 12.0 Å². The molecule has 0 fully saturated rings. The summed E-state index contributed by atoms with van der Waals surface area (Å²) in [4.78, 5) is 14.8. The molecule has 6 heteroatoms. The monoisotopic (exact) mass is 431 g/mol. The van der Waals surface area contributed by atoms with E-state index in [0.29, 0.717) is 27.6 Å². The molecule has 0 aliphatic carbocycles. The van der Waals surface area contributed by atoms with Gasteiger partial charge in [0.1, 0.15) is 0 Å². The van der Waals surface area contributed by atoms with E-state index in [1.807, 2.05) is 6.07 Å². The van der Waals surface area contributed by atoms with Crippen LogP contribution >= 0.6 is 23.2 Å².